The van der Waals surface area contributed by atoms with Gasteiger partial charge in [-0.25, -0.2) is 9.97 Å². The molecule has 17 heavy (non-hydrogen) atoms. The quantitative estimate of drug-likeness (QED) is 0.763. The molecule has 1 aromatic heterocycles. The highest BCUT2D eigenvalue weighted by atomic mass is 15.2. The van der Waals surface area contributed by atoms with Crippen LogP contribution in [0.2, 0.25) is 0 Å². The zero-order chi connectivity index (χ0) is 12.8. The summed E-state index contributed by atoms with van der Waals surface area (Å²) in [5, 5.41) is 9.04. The van der Waals surface area contributed by atoms with E-state index < -0.39 is 0 Å². The van der Waals surface area contributed by atoms with Gasteiger partial charge in [0, 0.05) is 31.5 Å². The lowest BCUT2D eigenvalue weighted by molar-refractivity contribution is 0.372. The maximum Gasteiger partial charge on any atom is 0.183 e. The highest BCUT2D eigenvalue weighted by molar-refractivity contribution is 5.50. The van der Waals surface area contributed by atoms with Crippen LogP contribution in [-0.2, 0) is 0 Å². The number of aromatic nitrogens is 2. The second kappa shape index (κ2) is 6.16. The lowest BCUT2D eigenvalue weighted by Gasteiger charge is -2.31. The Hall–Kier alpha value is -1.67. The average molecular weight is 233 g/mol. The van der Waals surface area contributed by atoms with Crippen LogP contribution in [0.1, 0.15) is 19.5 Å². The van der Waals surface area contributed by atoms with Gasteiger partial charge in [0.15, 0.2) is 11.5 Å². The number of anilines is 1. The molecule has 1 heterocycles. The molecule has 0 aliphatic carbocycles. The van der Waals surface area contributed by atoms with E-state index in [4.69, 9.17) is 5.26 Å². The van der Waals surface area contributed by atoms with E-state index >= 15 is 0 Å². The van der Waals surface area contributed by atoms with Gasteiger partial charge in [0.05, 0.1) is 0 Å². The molecule has 0 fully saturated rings. The molecule has 0 saturated heterocycles. The Bertz CT molecular complexity index is 396. The monoisotopic (exact) mass is 233 g/mol. The van der Waals surface area contributed by atoms with E-state index in [-0.39, 0.29) is 0 Å². The Morgan fingerprint density at radius 2 is 2.00 bits per heavy atom. The molecule has 1 atom stereocenters. The maximum atomic E-state index is 9.04. The van der Waals surface area contributed by atoms with Crippen molar-refractivity contribution in [3.8, 4) is 6.07 Å². The Kier molecular flexibility index (Phi) is 4.85. The number of hydrogen-bond donors (Lipinski definition) is 0. The average Bonchev–Trinajstić information content (AvgIpc) is 2.29. The van der Waals surface area contributed by atoms with Crippen LogP contribution in [0.3, 0.4) is 0 Å². The van der Waals surface area contributed by atoms with E-state index in [0.29, 0.717) is 17.6 Å². The first-order valence-corrected chi connectivity index (χ1v) is 5.72. The minimum Gasteiger partial charge on any atom is -0.350 e. The van der Waals surface area contributed by atoms with E-state index in [1.807, 2.05) is 14.1 Å². The fraction of sp³-hybridized carbons (Fsp3) is 0.583. The predicted octanol–water partition coefficient (Wildman–Crippen LogP) is 1.12. The molecule has 1 rings (SSSR count). The zero-order valence-electron chi connectivity index (χ0n) is 10.9. The summed E-state index contributed by atoms with van der Waals surface area (Å²) in [6.07, 6.45) is 3.17. The van der Waals surface area contributed by atoms with Crippen LogP contribution >= 0.6 is 0 Å². The minimum atomic E-state index is 0.291. The largest absolute Gasteiger partial charge is 0.350 e. The van der Waals surface area contributed by atoms with Crippen LogP contribution in [-0.4, -0.2) is 48.1 Å². The molecule has 0 aromatic carbocycles. The van der Waals surface area contributed by atoms with Crippen LogP contribution in [0.4, 0.5) is 5.82 Å². The van der Waals surface area contributed by atoms with E-state index in [0.717, 1.165) is 13.1 Å². The highest BCUT2D eigenvalue weighted by Crippen LogP contribution is 2.16. The molecule has 0 N–H and O–H groups in total. The summed E-state index contributed by atoms with van der Waals surface area (Å²) in [4.78, 5) is 12.5. The summed E-state index contributed by atoms with van der Waals surface area (Å²) < 4.78 is 0. The third kappa shape index (κ3) is 3.40. The first-order chi connectivity index (χ1) is 8.10. The Morgan fingerprint density at radius 1 is 1.35 bits per heavy atom. The standard InChI is InChI=1S/C12H19N5/c1-5-17(10(2)9-16(3)4)12-11(8-13)14-6-7-15-12/h6-7,10H,5,9H2,1-4H3. The minimum absolute atomic E-state index is 0.291. The molecule has 0 radical (unpaired) electrons. The molecule has 0 spiro atoms. The SMILES string of the molecule is CCN(c1nccnc1C#N)C(C)CN(C)C. The predicted molar refractivity (Wildman–Crippen MR) is 67.8 cm³/mol. The molecule has 5 nitrogen and oxygen atoms in total. The van der Waals surface area contributed by atoms with Gasteiger partial charge in [0.1, 0.15) is 6.07 Å². The van der Waals surface area contributed by atoms with Crippen molar-refractivity contribution >= 4 is 5.82 Å². The van der Waals surface area contributed by atoms with Gasteiger partial charge in [-0.05, 0) is 27.9 Å². The van der Waals surface area contributed by atoms with Gasteiger partial charge in [0.2, 0.25) is 0 Å². The van der Waals surface area contributed by atoms with Gasteiger partial charge in [-0.2, -0.15) is 5.26 Å². The van der Waals surface area contributed by atoms with Gasteiger partial charge in [-0.1, -0.05) is 0 Å². The van der Waals surface area contributed by atoms with Crippen LogP contribution < -0.4 is 4.90 Å². The molecule has 0 saturated carbocycles. The van der Waals surface area contributed by atoms with E-state index in [9.17, 15) is 0 Å². The van der Waals surface area contributed by atoms with Gasteiger partial charge in [0.25, 0.3) is 0 Å². The number of nitriles is 1. The summed E-state index contributed by atoms with van der Waals surface area (Å²) in [6, 6.07) is 2.38. The Balaban J connectivity index is 2.97. The van der Waals surface area contributed by atoms with Crippen molar-refractivity contribution in [2.75, 3.05) is 32.1 Å². The summed E-state index contributed by atoms with van der Waals surface area (Å²) in [6.45, 7) is 5.90. The smallest absolute Gasteiger partial charge is 0.183 e. The summed E-state index contributed by atoms with van der Waals surface area (Å²) in [5.41, 5.74) is 0.389. The zero-order valence-corrected chi connectivity index (χ0v) is 10.9. The van der Waals surface area contributed by atoms with Gasteiger partial charge in [-0.3, -0.25) is 0 Å². The van der Waals surface area contributed by atoms with Crippen molar-refractivity contribution in [1.82, 2.24) is 14.9 Å². The number of nitrogens with zero attached hydrogens (tertiary/aromatic N) is 5. The summed E-state index contributed by atoms with van der Waals surface area (Å²) in [7, 11) is 4.07. The molecule has 1 unspecified atom stereocenters. The second-order valence-corrected chi connectivity index (χ2v) is 4.24. The Labute approximate surface area is 103 Å². The first kappa shape index (κ1) is 13.4. The molecule has 0 aliphatic heterocycles. The third-order valence-electron chi connectivity index (χ3n) is 2.56. The molecular formula is C12H19N5. The van der Waals surface area contributed by atoms with Crippen molar-refractivity contribution < 1.29 is 0 Å². The number of hydrogen-bond acceptors (Lipinski definition) is 5. The van der Waals surface area contributed by atoms with Crippen molar-refractivity contribution in [2.45, 2.75) is 19.9 Å². The van der Waals surface area contributed by atoms with Crippen molar-refractivity contribution in [1.29, 1.82) is 5.26 Å². The maximum absolute atomic E-state index is 9.04. The van der Waals surface area contributed by atoms with Crippen molar-refractivity contribution in [3.63, 3.8) is 0 Å². The summed E-state index contributed by atoms with van der Waals surface area (Å²) >= 11 is 0. The fourth-order valence-electron chi connectivity index (χ4n) is 1.92. The van der Waals surface area contributed by atoms with Crippen LogP contribution in [0.5, 0.6) is 0 Å². The molecule has 0 aliphatic rings. The highest BCUT2D eigenvalue weighted by Gasteiger charge is 2.18. The van der Waals surface area contributed by atoms with Crippen LogP contribution in [0.15, 0.2) is 12.4 Å². The molecule has 1 aromatic rings. The van der Waals surface area contributed by atoms with Crippen molar-refractivity contribution in [3.05, 3.63) is 18.1 Å². The fourth-order valence-corrected chi connectivity index (χ4v) is 1.92. The van der Waals surface area contributed by atoms with E-state index in [1.54, 1.807) is 12.4 Å². The van der Waals surface area contributed by atoms with Crippen molar-refractivity contribution in [2.24, 2.45) is 0 Å². The second-order valence-electron chi connectivity index (χ2n) is 4.24. The lowest BCUT2D eigenvalue weighted by atomic mass is 10.2. The van der Waals surface area contributed by atoms with Gasteiger partial charge < -0.3 is 9.80 Å². The normalized spacial score (nSPS) is 12.2. The van der Waals surface area contributed by atoms with Crippen LogP contribution in [0.25, 0.3) is 0 Å². The van der Waals surface area contributed by atoms with E-state index in [2.05, 4.69) is 39.7 Å². The van der Waals surface area contributed by atoms with Gasteiger partial charge in [-0.15, -0.1) is 0 Å². The lowest BCUT2D eigenvalue weighted by Crippen LogP contribution is -2.41. The number of rotatable bonds is 5. The molecule has 92 valence electrons. The first-order valence-electron chi connectivity index (χ1n) is 5.72. The Morgan fingerprint density at radius 3 is 2.53 bits per heavy atom. The molecular weight excluding hydrogens is 214 g/mol. The van der Waals surface area contributed by atoms with Gasteiger partial charge >= 0.3 is 0 Å². The number of likely N-dealkylation sites (N-methyl/N-ethyl adjacent to an activating group) is 2. The molecule has 0 bridgehead atoms. The molecule has 5 heteroatoms. The molecule has 0 amide bonds. The topological polar surface area (TPSA) is 56.1 Å². The van der Waals surface area contributed by atoms with E-state index in [1.165, 1.54) is 0 Å². The van der Waals surface area contributed by atoms with Crippen LogP contribution in [0, 0.1) is 11.3 Å². The summed E-state index contributed by atoms with van der Waals surface area (Å²) in [5.74, 6) is 0.673. The third-order valence-corrected chi connectivity index (χ3v) is 2.56.